The molecule has 0 radical (unpaired) electrons. The zero-order valence-electron chi connectivity index (χ0n) is 15.6. The van der Waals surface area contributed by atoms with E-state index in [1.54, 1.807) is 0 Å². The minimum atomic E-state index is -0.264. The molecular formula is C21H25N3O2. The molecule has 0 saturated carbocycles. The van der Waals surface area contributed by atoms with Crippen LogP contribution in [0.3, 0.4) is 0 Å². The Balaban J connectivity index is 1.85. The van der Waals surface area contributed by atoms with Gasteiger partial charge in [-0.2, -0.15) is 0 Å². The number of nitrogens with zero attached hydrogens (tertiary/aromatic N) is 3. The number of fused-ring (bicyclic) bond motifs is 1. The summed E-state index contributed by atoms with van der Waals surface area (Å²) in [5, 5.41) is 0. The first-order chi connectivity index (χ1) is 12.6. The number of carbonyl (C=O) groups is 1. The Morgan fingerprint density at radius 1 is 1.12 bits per heavy atom. The van der Waals surface area contributed by atoms with Crippen LogP contribution < -0.4 is 0 Å². The highest BCUT2D eigenvalue weighted by Gasteiger charge is 2.12. The Hall–Kier alpha value is -2.66. The van der Waals surface area contributed by atoms with Gasteiger partial charge in [0.2, 0.25) is 0 Å². The van der Waals surface area contributed by atoms with Crippen LogP contribution >= 0.6 is 0 Å². The highest BCUT2D eigenvalue weighted by atomic mass is 16.5. The second-order valence-electron chi connectivity index (χ2n) is 6.67. The SMILES string of the molecule is CCCOC(=O)c1ccc(Cn2c(CN(C)C)nc3ccccc32)cc1. The summed E-state index contributed by atoms with van der Waals surface area (Å²) in [6, 6.07) is 15.8. The number of esters is 1. The third-order valence-electron chi connectivity index (χ3n) is 4.16. The van der Waals surface area contributed by atoms with E-state index in [0.717, 1.165) is 35.4 Å². The smallest absolute Gasteiger partial charge is 0.338 e. The molecule has 5 heteroatoms. The van der Waals surface area contributed by atoms with E-state index in [1.807, 2.05) is 63.5 Å². The normalized spacial score (nSPS) is 11.2. The molecule has 0 N–H and O–H groups in total. The Labute approximate surface area is 154 Å². The Morgan fingerprint density at radius 2 is 1.85 bits per heavy atom. The lowest BCUT2D eigenvalue weighted by molar-refractivity contribution is 0.0505. The molecule has 0 amide bonds. The molecule has 0 spiro atoms. The number of imidazole rings is 1. The van der Waals surface area contributed by atoms with Crippen LogP contribution in [0.5, 0.6) is 0 Å². The molecule has 3 aromatic rings. The maximum Gasteiger partial charge on any atom is 0.338 e. The summed E-state index contributed by atoms with van der Waals surface area (Å²) >= 11 is 0. The van der Waals surface area contributed by atoms with Crippen LogP contribution in [-0.2, 0) is 17.8 Å². The summed E-state index contributed by atoms with van der Waals surface area (Å²) in [5.74, 6) is 0.766. The van der Waals surface area contributed by atoms with Gasteiger partial charge in [0.25, 0.3) is 0 Å². The predicted molar refractivity (Wildman–Crippen MR) is 103 cm³/mol. The molecule has 0 fully saturated rings. The third-order valence-corrected chi connectivity index (χ3v) is 4.16. The fraction of sp³-hybridized carbons (Fsp3) is 0.333. The Kier molecular flexibility index (Phi) is 5.68. The van der Waals surface area contributed by atoms with Gasteiger partial charge >= 0.3 is 5.97 Å². The third kappa shape index (κ3) is 4.11. The number of aromatic nitrogens is 2. The van der Waals surface area contributed by atoms with E-state index in [1.165, 1.54) is 0 Å². The number of para-hydroxylation sites is 2. The van der Waals surface area contributed by atoms with Gasteiger partial charge in [0, 0.05) is 6.54 Å². The molecule has 0 aliphatic carbocycles. The van der Waals surface area contributed by atoms with Crippen molar-refractivity contribution in [3.05, 3.63) is 65.5 Å². The van der Waals surface area contributed by atoms with Gasteiger partial charge < -0.3 is 14.2 Å². The van der Waals surface area contributed by atoms with Gasteiger partial charge in [0.1, 0.15) is 5.82 Å². The first-order valence-electron chi connectivity index (χ1n) is 8.93. The fourth-order valence-electron chi connectivity index (χ4n) is 2.91. The molecule has 3 rings (SSSR count). The molecule has 0 aliphatic rings. The second kappa shape index (κ2) is 8.15. The van der Waals surface area contributed by atoms with Gasteiger partial charge in [0.05, 0.1) is 29.7 Å². The van der Waals surface area contributed by atoms with Crippen molar-refractivity contribution < 1.29 is 9.53 Å². The molecule has 26 heavy (non-hydrogen) atoms. The summed E-state index contributed by atoms with van der Waals surface area (Å²) in [7, 11) is 4.08. The van der Waals surface area contributed by atoms with E-state index in [4.69, 9.17) is 9.72 Å². The molecule has 2 aromatic carbocycles. The highest BCUT2D eigenvalue weighted by molar-refractivity contribution is 5.89. The maximum atomic E-state index is 11.9. The predicted octanol–water partition coefficient (Wildman–Crippen LogP) is 3.71. The van der Waals surface area contributed by atoms with Gasteiger partial charge in [-0.15, -0.1) is 0 Å². The van der Waals surface area contributed by atoms with Gasteiger partial charge in [-0.05, 0) is 50.3 Å². The average Bonchev–Trinajstić information content (AvgIpc) is 2.97. The van der Waals surface area contributed by atoms with Gasteiger partial charge in [-0.3, -0.25) is 0 Å². The van der Waals surface area contributed by atoms with E-state index in [9.17, 15) is 4.79 Å². The Bertz CT molecular complexity index is 882. The standard InChI is InChI=1S/C21H25N3O2/c1-4-13-26-21(25)17-11-9-16(10-12-17)14-24-19-8-6-5-7-18(19)22-20(24)15-23(2)3/h5-12H,4,13-15H2,1-3H3. The zero-order chi connectivity index (χ0) is 18.5. The number of carbonyl (C=O) groups excluding carboxylic acids is 1. The maximum absolute atomic E-state index is 11.9. The largest absolute Gasteiger partial charge is 0.462 e. The van der Waals surface area contributed by atoms with Crippen LogP contribution in [0.2, 0.25) is 0 Å². The van der Waals surface area contributed by atoms with E-state index in [-0.39, 0.29) is 5.97 Å². The summed E-state index contributed by atoms with van der Waals surface area (Å²) < 4.78 is 7.42. The summed E-state index contributed by atoms with van der Waals surface area (Å²) in [6.07, 6.45) is 0.826. The first kappa shape index (κ1) is 18.1. The molecule has 1 heterocycles. The van der Waals surface area contributed by atoms with Crippen LogP contribution in [0.1, 0.15) is 35.1 Å². The fourth-order valence-corrected chi connectivity index (χ4v) is 2.91. The van der Waals surface area contributed by atoms with Crippen LogP contribution in [0.25, 0.3) is 11.0 Å². The van der Waals surface area contributed by atoms with Crippen molar-refractivity contribution in [2.45, 2.75) is 26.4 Å². The van der Waals surface area contributed by atoms with Crippen molar-refractivity contribution in [1.82, 2.24) is 14.5 Å². The van der Waals surface area contributed by atoms with E-state index in [2.05, 4.69) is 15.5 Å². The molecule has 0 unspecified atom stereocenters. The minimum Gasteiger partial charge on any atom is -0.462 e. The molecule has 5 nitrogen and oxygen atoms in total. The number of benzene rings is 2. The van der Waals surface area contributed by atoms with E-state index < -0.39 is 0 Å². The highest BCUT2D eigenvalue weighted by Crippen LogP contribution is 2.19. The van der Waals surface area contributed by atoms with E-state index in [0.29, 0.717) is 18.7 Å². The molecular weight excluding hydrogens is 326 g/mol. The van der Waals surface area contributed by atoms with Gasteiger partial charge in [0.15, 0.2) is 0 Å². The van der Waals surface area contributed by atoms with Crippen molar-refractivity contribution in [3.8, 4) is 0 Å². The van der Waals surface area contributed by atoms with Crippen molar-refractivity contribution >= 4 is 17.0 Å². The molecule has 1 aromatic heterocycles. The minimum absolute atomic E-state index is 0.264. The average molecular weight is 351 g/mol. The Morgan fingerprint density at radius 3 is 2.54 bits per heavy atom. The quantitative estimate of drug-likeness (QED) is 0.609. The van der Waals surface area contributed by atoms with E-state index >= 15 is 0 Å². The lowest BCUT2D eigenvalue weighted by atomic mass is 10.1. The van der Waals surface area contributed by atoms with Crippen molar-refractivity contribution in [2.24, 2.45) is 0 Å². The lowest BCUT2D eigenvalue weighted by Gasteiger charge is -2.13. The van der Waals surface area contributed by atoms with Crippen LogP contribution in [0.15, 0.2) is 48.5 Å². The number of hydrogen-bond donors (Lipinski definition) is 0. The first-order valence-corrected chi connectivity index (χ1v) is 8.93. The number of ether oxygens (including phenoxy) is 1. The molecule has 0 atom stereocenters. The van der Waals surface area contributed by atoms with Gasteiger partial charge in [-0.1, -0.05) is 31.2 Å². The second-order valence-corrected chi connectivity index (χ2v) is 6.67. The number of rotatable bonds is 7. The van der Waals surface area contributed by atoms with Crippen LogP contribution in [-0.4, -0.2) is 41.1 Å². The van der Waals surface area contributed by atoms with Crippen LogP contribution in [0.4, 0.5) is 0 Å². The molecule has 136 valence electrons. The zero-order valence-corrected chi connectivity index (χ0v) is 15.6. The monoisotopic (exact) mass is 351 g/mol. The molecule has 0 aliphatic heterocycles. The van der Waals surface area contributed by atoms with Crippen molar-refractivity contribution in [1.29, 1.82) is 0 Å². The summed E-state index contributed by atoms with van der Waals surface area (Å²) in [6.45, 7) is 3.93. The number of hydrogen-bond acceptors (Lipinski definition) is 4. The molecule has 0 saturated heterocycles. The molecule has 0 bridgehead atoms. The van der Waals surface area contributed by atoms with Crippen LogP contribution in [0, 0.1) is 0 Å². The topological polar surface area (TPSA) is 47.4 Å². The van der Waals surface area contributed by atoms with Crippen molar-refractivity contribution in [3.63, 3.8) is 0 Å². The van der Waals surface area contributed by atoms with Gasteiger partial charge in [-0.25, -0.2) is 9.78 Å². The lowest BCUT2D eigenvalue weighted by Crippen LogP contribution is -2.16. The summed E-state index contributed by atoms with van der Waals surface area (Å²) in [5.41, 5.74) is 3.84. The van der Waals surface area contributed by atoms with Crippen molar-refractivity contribution in [2.75, 3.05) is 20.7 Å². The summed E-state index contributed by atoms with van der Waals surface area (Å²) in [4.78, 5) is 18.8.